The summed E-state index contributed by atoms with van der Waals surface area (Å²) in [7, 11) is 0. The van der Waals surface area contributed by atoms with Crippen molar-refractivity contribution in [1.82, 2.24) is 10.3 Å². The normalized spacial score (nSPS) is 14.6. The van der Waals surface area contributed by atoms with E-state index < -0.39 is 6.10 Å². The Morgan fingerprint density at radius 3 is 2.76 bits per heavy atom. The zero-order chi connectivity index (χ0) is 20.2. The lowest BCUT2D eigenvalue weighted by Crippen LogP contribution is -2.25. The Hall–Kier alpha value is -2.64. The molecule has 7 heteroatoms. The molecule has 29 heavy (non-hydrogen) atoms. The summed E-state index contributed by atoms with van der Waals surface area (Å²) in [5.74, 6) is 0.430. The monoisotopic (exact) mass is 412 g/mol. The summed E-state index contributed by atoms with van der Waals surface area (Å²) in [4.78, 5) is 17.2. The predicted molar refractivity (Wildman–Crippen MR) is 111 cm³/mol. The van der Waals surface area contributed by atoms with Gasteiger partial charge in [0.15, 0.2) is 0 Å². The van der Waals surface area contributed by atoms with Crippen LogP contribution in [-0.4, -0.2) is 40.5 Å². The second-order valence-corrected chi connectivity index (χ2v) is 8.04. The van der Waals surface area contributed by atoms with Crippen LogP contribution >= 0.6 is 11.8 Å². The molecule has 0 bridgehead atoms. The van der Waals surface area contributed by atoms with Crippen molar-refractivity contribution in [1.29, 1.82) is 0 Å². The second kappa shape index (κ2) is 8.80. The van der Waals surface area contributed by atoms with Crippen molar-refractivity contribution < 1.29 is 19.0 Å². The van der Waals surface area contributed by atoms with Gasteiger partial charge in [-0.1, -0.05) is 18.2 Å². The van der Waals surface area contributed by atoms with Crippen LogP contribution in [0.2, 0.25) is 0 Å². The van der Waals surface area contributed by atoms with E-state index in [-0.39, 0.29) is 24.4 Å². The van der Waals surface area contributed by atoms with Crippen LogP contribution in [0.15, 0.2) is 59.6 Å². The maximum atomic E-state index is 12.9. The number of benzene rings is 2. The van der Waals surface area contributed by atoms with E-state index in [1.165, 1.54) is 36.0 Å². The highest BCUT2D eigenvalue weighted by Gasteiger charge is 2.25. The van der Waals surface area contributed by atoms with Crippen molar-refractivity contribution >= 4 is 28.6 Å². The van der Waals surface area contributed by atoms with Crippen molar-refractivity contribution in [2.75, 3.05) is 12.4 Å². The molecule has 1 fully saturated rings. The number of amides is 1. The molecular weight excluding hydrogens is 391 g/mol. The fourth-order valence-electron chi connectivity index (χ4n) is 2.86. The molecule has 5 nitrogen and oxygen atoms in total. The number of aromatic nitrogens is 1. The molecule has 1 aliphatic rings. The summed E-state index contributed by atoms with van der Waals surface area (Å²) in [5, 5.41) is 14.7. The summed E-state index contributed by atoms with van der Waals surface area (Å²) in [5.41, 5.74) is 1.34. The molecular formula is C22H21FN2O3S. The van der Waals surface area contributed by atoms with Gasteiger partial charge < -0.3 is 15.2 Å². The molecule has 1 aliphatic carbocycles. The van der Waals surface area contributed by atoms with Gasteiger partial charge in [0.1, 0.15) is 18.2 Å². The molecule has 0 radical (unpaired) electrons. The number of aliphatic hydroxyl groups excluding tert-OH is 1. The van der Waals surface area contributed by atoms with Gasteiger partial charge in [0, 0.05) is 17.2 Å². The van der Waals surface area contributed by atoms with Crippen LogP contribution in [0.3, 0.4) is 0 Å². The van der Waals surface area contributed by atoms with Crippen molar-refractivity contribution in [3.63, 3.8) is 0 Å². The Kier molecular flexibility index (Phi) is 5.97. The molecule has 3 aromatic rings. The van der Waals surface area contributed by atoms with Gasteiger partial charge in [0.2, 0.25) is 0 Å². The minimum Gasteiger partial charge on any atom is -0.491 e. The highest BCUT2D eigenvalue weighted by atomic mass is 32.2. The van der Waals surface area contributed by atoms with Crippen LogP contribution in [0.25, 0.3) is 10.9 Å². The quantitative estimate of drug-likeness (QED) is 0.551. The Bertz CT molecular complexity index is 1010. The minimum atomic E-state index is -0.734. The Balaban J connectivity index is 1.41. The molecule has 2 aromatic carbocycles. The summed E-state index contributed by atoms with van der Waals surface area (Å²) < 4.78 is 18.4. The number of aliphatic hydroxyl groups is 1. The van der Waals surface area contributed by atoms with E-state index in [1.54, 1.807) is 6.07 Å². The third-order valence-electron chi connectivity index (χ3n) is 4.53. The number of rotatable bonds is 8. The van der Waals surface area contributed by atoms with Gasteiger partial charge in [-0.2, -0.15) is 0 Å². The summed E-state index contributed by atoms with van der Waals surface area (Å²) >= 11 is 1.37. The van der Waals surface area contributed by atoms with Crippen LogP contribution in [0.5, 0.6) is 5.75 Å². The first-order valence-electron chi connectivity index (χ1n) is 9.48. The number of pyridine rings is 1. The fraction of sp³-hybridized carbons (Fsp3) is 0.273. The van der Waals surface area contributed by atoms with Gasteiger partial charge in [-0.05, 0) is 49.2 Å². The lowest BCUT2D eigenvalue weighted by molar-refractivity contribution is 0.0952. The lowest BCUT2D eigenvalue weighted by Gasteiger charge is -2.13. The number of para-hydroxylation sites is 1. The minimum absolute atomic E-state index is 0.0846. The van der Waals surface area contributed by atoms with Crippen LogP contribution in [0.4, 0.5) is 4.39 Å². The molecule has 0 saturated heterocycles. The van der Waals surface area contributed by atoms with Crippen LogP contribution in [-0.2, 0) is 0 Å². The molecule has 1 unspecified atom stereocenters. The van der Waals surface area contributed by atoms with Crippen molar-refractivity contribution in [2.24, 2.45) is 0 Å². The van der Waals surface area contributed by atoms with Gasteiger partial charge >= 0.3 is 0 Å². The van der Waals surface area contributed by atoms with E-state index in [0.29, 0.717) is 22.1 Å². The first kappa shape index (κ1) is 19.7. The predicted octanol–water partition coefficient (Wildman–Crippen LogP) is 3.80. The molecule has 1 saturated carbocycles. The number of nitrogens with zero attached hydrogens (tertiary/aromatic N) is 1. The van der Waals surface area contributed by atoms with Crippen molar-refractivity contribution in [2.45, 2.75) is 30.0 Å². The third kappa shape index (κ3) is 5.25. The molecule has 0 spiro atoms. The zero-order valence-electron chi connectivity index (χ0n) is 15.7. The zero-order valence-corrected chi connectivity index (χ0v) is 16.5. The largest absolute Gasteiger partial charge is 0.491 e. The molecule has 2 N–H and O–H groups in total. The third-order valence-corrected chi connectivity index (χ3v) is 5.59. The van der Waals surface area contributed by atoms with Crippen molar-refractivity contribution in [3.05, 3.63) is 66.0 Å². The average molecular weight is 412 g/mol. The second-order valence-electron chi connectivity index (χ2n) is 7.00. The first-order valence-corrected chi connectivity index (χ1v) is 10.5. The molecule has 150 valence electrons. The Labute approximate surface area is 172 Å². The van der Waals surface area contributed by atoms with Gasteiger partial charge in [-0.25, -0.2) is 9.37 Å². The number of carbonyl (C=O) groups is 1. The van der Waals surface area contributed by atoms with E-state index in [4.69, 9.17) is 4.74 Å². The van der Waals surface area contributed by atoms with Gasteiger partial charge in [-0.3, -0.25) is 4.79 Å². The van der Waals surface area contributed by atoms with Gasteiger partial charge in [0.25, 0.3) is 5.91 Å². The highest BCUT2D eigenvalue weighted by Crippen LogP contribution is 2.26. The van der Waals surface area contributed by atoms with Crippen LogP contribution in [0.1, 0.15) is 23.2 Å². The SMILES string of the molecule is O=C(NC1CC1)c1cc(SCC(O)COc2ccc(F)cc2)nc2ccccc12. The van der Waals surface area contributed by atoms with Crippen LogP contribution in [0, 0.1) is 5.82 Å². The number of thioether (sulfide) groups is 1. The van der Waals surface area contributed by atoms with Gasteiger partial charge in [-0.15, -0.1) is 11.8 Å². The number of fused-ring (bicyclic) bond motifs is 1. The highest BCUT2D eigenvalue weighted by molar-refractivity contribution is 7.99. The van der Waals surface area contributed by atoms with Crippen molar-refractivity contribution in [3.8, 4) is 5.75 Å². The number of halogens is 1. The average Bonchev–Trinajstić information content (AvgIpc) is 3.55. The lowest BCUT2D eigenvalue weighted by atomic mass is 10.1. The Morgan fingerprint density at radius 1 is 1.24 bits per heavy atom. The standard InChI is InChI=1S/C22H21FN2O3S/c23-14-5-9-17(10-6-14)28-12-16(26)13-29-21-11-19(22(27)24-15-7-8-15)18-3-1-2-4-20(18)25-21/h1-6,9-11,15-16,26H,7-8,12-13H2,(H,24,27). The van der Waals surface area contributed by atoms with E-state index >= 15 is 0 Å². The molecule has 1 heterocycles. The molecule has 0 aliphatic heterocycles. The Morgan fingerprint density at radius 2 is 2.00 bits per heavy atom. The first-order chi connectivity index (χ1) is 14.1. The maximum Gasteiger partial charge on any atom is 0.252 e. The molecule has 4 rings (SSSR count). The summed E-state index contributed by atoms with van der Waals surface area (Å²) in [6.45, 7) is 0.0846. The smallest absolute Gasteiger partial charge is 0.252 e. The molecule has 1 amide bonds. The van der Waals surface area contributed by atoms with E-state index in [9.17, 15) is 14.3 Å². The molecule has 1 atom stereocenters. The fourth-order valence-corrected chi connectivity index (χ4v) is 3.68. The number of hydrogen-bond acceptors (Lipinski definition) is 5. The van der Waals surface area contributed by atoms with E-state index in [0.717, 1.165) is 23.7 Å². The van der Waals surface area contributed by atoms with E-state index in [1.807, 2.05) is 24.3 Å². The molecule has 1 aromatic heterocycles. The number of hydrogen-bond donors (Lipinski definition) is 2. The number of nitrogens with one attached hydrogen (secondary N) is 1. The summed E-state index contributed by atoms with van der Waals surface area (Å²) in [6.07, 6.45) is 1.31. The van der Waals surface area contributed by atoms with Crippen LogP contribution < -0.4 is 10.1 Å². The number of carbonyl (C=O) groups excluding carboxylic acids is 1. The maximum absolute atomic E-state index is 12.9. The van der Waals surface area contributed by atoms with E-state index in [2.05, 4.69) is 10.3 Å². The topological polar surface area (TPSA) is 71.5 Å². The van der Waals surface area contributed by atoms with Gasteiger partial charge in [0.05, 0.1) is 22.2 Å². The summed E-state index contributed by atoms with van der Waals surface area (Å²) in [6, 6.07) is 15.3. The number of ether oxygens (including phenoxy) is 1.